The van der Waals surface area contributed by atoms with Gasteiger partial charge in [0.15, 0.2) is 0 Å². The van der Waals surface area contributed by atoms with Gasteiger partial charge in [-0.05, 0) is 38.0 Å². The molecule has 0 unspecified atom stereocenters. The molecule has 2 aromatic heterocycles. The maximum absolute atomic E-state index is 13.1. The van der Waals surface area contributed by atoms with E-state index < -0.39 is 0 Å². The Morgan fingerprint density at radius 1 is 1.07 bits per heavy atom. The van der Waals surface area contributed by atoms with Gasteiger partial charge in [-0.2, -0.15) is 0 Å². The summed E-state index contributed by atoms with van der Waals surface area (Å²) in [5.41, 5.74) is 1.32. The second kappa shape index (κ2) is 9.48. The van der Waals surface area contributed by atoms with Crippen LogP contribution in [0.5, 0.6) is 0 Å². The van der Waals surface area contributed by atoms with Gasteiger partial charge < -0.3 is 14.7 Å². The van der Waals surface area contributed by atoms with Crippen molar-refractivity contribution in [3.63, 3.8) is 0 Å². The number of nitrogens with zero attached hydrogens (tertiary/aromatic N) is 6. The van der Waals surface area contributed by atoms with E-state index in [-0.39, 0.29) is 5.91 Å². The summed E-state index contributed by atoms with van der Waals surface area (Å²) in [7, 11) is 0. The van der Waals surface area contributed by atoms with Crippen molar-refractivity contribution in [1.29, 1.82) is 0 Å². The summed E-state index contributed by atoms with van der Waals surface area (Å²) in [6, 6.07) is 7.71. The van der Waals surface area contributed by atoms with Crippen LogP contribution in [-0.4, -0.2) is 65.0 Å². The quantitative estimate of drug-likeness (QED) is 0.734. The molecule has 3 heterocycles. The van der Waals surface area contributed by atoms with E-state index in [1.165, 1.54) is 0 Å². The van der Waals surface area contributed by atoms with Crippen LogP contribution >= 0.6 is 0 Å². The SMILES string of the molecule is CCCN(CCC)c1nc(C)cc(C(=O)N2CCN(c3ccccn3)CC2)n1. The highest BCUT2D eigenvalue weighted by molar-refractivity contribution is 5.92. The van der Waals surface area contributed by atoms with Crippen LogP contribution in [0.15, 0.2) is 30.5 Å². The van der Waals surface area contributed by atoms with Gasteiger partial charge >= 0.3 is 0 Å². The van der Waals surface area contributed by atoms with Crippen molar-refractivity contribution in [3.05, 3.63) is 41.9 Å². The van der Waals surface area contributed by atoms with E-state index in [2.05, 4.69) is 38.6 Å². The first-order chi connectivity index (χ1) is 13.6. The Kier molecular flexibility index (Phi) is 6.79. The van der Waals surface area contributed by atoms with E-state index in [1.54, 1.807) is 12.3 Å². The fourth-order valence-corrected chi connectivity index (χ4v) is 3.50. The van der Waals surface area contributed by atoms with E-state index in [4.69, 9.17) is 0 Å². The number of pyridine rings is 1. The van der Waals surface area contributed by atoms with Crippen LogP contribution < -0.4 is 9.80 Å². The van der Waals surface area contributed by atoms with Gasteiger partial charge in [-0.3, -0.25) is 4.79 Å². The number of carbonyl (C=O) groups is 1. The zero-order valence-electron chi connectivity index (χ0n) is 17.1. The average molecular weight is 383 g/mol. The third kappa shape index (κ3) is 4.77. The van der Waals surface area contributed by atoms with Crippen LogP contribution in [0.25, 0.3) is 0 Å². The van der Waals surface area contributed by atoms with Crippen LogP contribution in [-0.2, 0) is 0 Å². The molecule has 0 N–H and O–H groups in total. The molecule has 0 aromatic carbocycles. The fourth-order valence-electron chi connectivity index (χ4n) is 3.50. The van der Waals surface area contributed by atoms with Crippen molar-refractivity contribution in [2.45, 2.75) is 33.6 Å². The summed E-state index contributed by atoms with van der Waals surface area (Å²) in [5, 5.41) is 0. The molecule has 1 aliphatic heterocycles. The lowest BCUT2D eigenvalue weighted by Gasteiger charge is -2.35. The van der Waals surface area contributed by atoms with Crippen molar-refractivity contribution in [2.75, 3.05) is 49.1 Å². The van der Waals surface area contributed by atoms with Crippen LogP contribution in [0.3, 0.4) is 0 Å². The van der Waals surface area contributed by atoms with Gasteiger partial charge in [0, 0.05) is 51.2 Å². The number of hydrogen-bond donors (Lipinski definition) is 0. The molecule has 1 amide bonds. The van der Waals surface area contributed by atoms with E-state index in [0.717, 1.165) is 50.5 Å². The lowest BCUT2D eigenvalue weighted by molar-refractivity contribution is 0.0740. The lowest BCUT2D eigenvalue weighted by atomic mass is 10.2. The van der Waals surface area contributed by atoms with Gasteiger partial charge in [0.05, 0.1) is 0 Å². The molecule has 0 aliphatic carbocycles. The van der Waals surface area contributed by atoms with Crippen molar-refractivity contribution in [3.8, 4) is 0 Å². The summed E-state index contributed by atoms with van der Waals surface area (Å²) in [4.78, 5) is 32.9. The minimum absolute atomic E-state index is 0.0135. The highest BCUT2D eigenvalue weighted by Gasteiger charge is 2.24. The summed E-state index contributed by atoms with van der Waals surface area (Å²) in [6.07, 6.45) is 3.85. The Morgan fingerprint density at radius 2 is 1.79 bits per heavy atom. The third-order valence-corrected chi connectivity index (χ3v) is 4.87. The first-order valence-electron chi connectivity index (χ1n) is 10.2. The minimum atomic E-state index is -0.0135. The lowest BCUT2D eigenvalue weighted by Crippen LogP contribution is -2.49. The Morgan fingerprint density at radius 3 is 2.39 bits per heavy atom. The number of carbonyl (C=O) groups excluding carboxylic acids is 1. The molecular formula is C21H30N6O. The van der Waals surface area contributed by atoms with E-state index in [9.17, 15) is 4.79 Å². The molecular weight excluding hydrogens is 352 g/mol. The van der Waals surface area contributed by atoms with Crippen LogP contribution in [0, 0.1) is 6.92 Å². The van der Waals surface area contributed by atoms with Gasteiger partial charge in [0.1, 0.15) is 11.5 Å². The number of amides is 1. The van der Waals surface area contributed by atoms with E-state index in [0.29, 0.717) is 24.7 Å². The Balaban J connectivity index is 1.70. The summed E-state index contributed by atoms with van der Waals surface area (Å²) >= 11 is 0. The molecule has 1 fully saturated rings. The van der Waals surface area contributed by atoms with Crippen LogP contribution in [0.1, 0.15) is 42.9 Å². The molecule has 7 nitrogen and oxygen atoms in total. The molecule has 0 spiro atoms. The zero-order chi connectivity index (χ0) is 19.9. The van der Waals surface area contributed by atoms with Gasteiger partial charge in [0.25, 0.3) is 5.91 Å². The van der Waals surface area contributed by atoms with Gasteiger partial charge in [-0.1, -0.05) is 19.9 Å². The second-order valence-corrected chi connectivity index (χ2v) is 7.15. The molecule has 1 saturated heterocycles. The molecule has 0 saturated carbocycles. The zero-order valence-corrected chi connectivity index (χ0v) is 17.1. The number of rotatable bonds is 7. The fraction of sp³-hybridized carbons (Fsp3) is 0.524. The van der Waals surface area contributed by atoms with Crippen molar-refractivity contribution < 1.29 is 4.79 Å². The predicted octanol–water partition coefficient (Wildman–Crippen LogP) is 2.77. The molecule has 150 valence electrons. The topological polar surface area (TPSA) is 65.5 Å². The van der Waals surface area contributed by atoms with Crippen LogP contribution in [0.2, 0.25) is 0 Å². The van der Waals surface area contributed by atoms with Crippen LogP contribution in [0.4, 0.5) is 11.8 Å². The molecule has 7 heteroatoms. The minimum Gasteiger partial charge on any atom is -0.353 e. The monoisotopic (exact) mass is 382 g/mol. The summed E-state index contributed by atoms with van der Waals surface area (Å²) in [5.74, 6) is 1.61. The van der Waals surface area contributed by atoms with Gasteiger partial charge in [0.2, 0.25) is 5.95 Å². The highest BCUT2D eigenvalue weighted by Crippen LogP contribution is 2.16. The van der Waals surface area contributed by atoms with E-state index >= 15 is 0 Å². The first-order valence-corrected chi connectivity index (χ1v) is 10.2. The number of hydrogen-bond acceptors (Lipinski definition) is 6. The molecule has 28 heavy (non-hydrogen) atoms. The summed E-state index contributed by atoms with van der Waals surface area (Å²) in [6.45, 7) is 10.9. The third-order valence-electron chi connectivity index (χ3n) is 4.87. The average Bonchev–Trinajstić information content (AvgIpc) is 2.73. The maximum atomic E-state index is 13.1. The van der Waals surface area contributed by atoms with E-state index in [1.807, 2.05) is 30.0 Å². The Bertz CT molecular complexity index is 768. The normalized spacial score (nSPS) is 14.2. The number of piperazine rings is 1. The number of anilines is 2. The van der Waals surface area contributed by atoms with Crippen molar-refractivity contribution in [1.82, 2.24) is 19.9 Å². The molecule has 3 rings (SSSR count). The van der Waals surface area contributed by atoms with Crippen molar-refractivity contribution >= 4 is 17.7 Å². The smallest absolute Gasteiger partial charge is 0.272 e. The van der Waals surface area contributed by atoms with Gasteiger partial charge in [-0.15, -0.1) is 0 Å². The Hall–Kier alpha value is -2.70. The molecule has 0 radical (unpaired) electrons. The highest BCUT2D eigenvalue weighted by atomic mass is 16.2. The largest absolute Gasteiger partial charge is 0.353 e. The molecule has 0 bridgehead atoms. The molecule has 0 atom stereocenters. The summed E-state index contributed by atoms with van der Waals surface area (Å²) < 4.78 is 0. The number of aryl methyl sites for hydroxylation is 1. The first kappa shape index (κ1) is 20.0. The van der Waals surface area contributed by atoms with Crippen molar-refractivity contribution in [2.24, 2.45) is 0 Å². The standard InChI is InChI=1S/C21H30N6O/c1-4-10-27(11-5-2)21-23-17(3)16-18(24-21)20(28)26-14-12-25(13-15-26)19-8-6-7-9-22-19/h6-9,16H,4-5,10-15H2,1-3H3. The molecule has 1 aliphatic rings. The maximum Gasteiger partial charge on any atom is 0.272 e. The van der Waals surface area contributed by atoms with Gasteiger partial charge in [-0.25, -0.2) is 15.0 Å². The second-order valence-electron chi connectivity index (χ2n) is 7.15. The number of aromatic nitrogens is 3. The predicted molar refractivity (Wildman–Crippen MR) is 112 cm³/mol. The Labute approximate surface area is 167 Å². The molecule has 2 aromatic rings.